The molecule has 1 heterocycles. The molecule has 0 saturated heterocycles. The van der Waals surface area contributed by atoms with Gasteiger partial charge in [-0.25, -0.2) is 26.3 Å². The minimum absolute atomic E-state index is 0.162. The second-order valence-electron chi connectivity index (χ2n) is 34.9. The molecule has 0 amide bonds. The Balaban J connectivity index is 0.000000616. The van der Waals surface area contributed by atoms with E-state index in [9.17, 15) is 40.7 Å². The quantitative estimate of drug-likeness (QED) is 0.00916. The minimum Gasteiger partial charge on any atom is -0.505 e. The van der Waals surface area contributed by atoms with Gasteiger partial charge >= 0.3 is 17.9 Å². The van der Waals surface area contributed by atoms with Crippen molar-refractivity contribution in [3.05, 3.63) is 218 Å². The van der Waals surface area contributed by atoms with Gasteiger partial charge in [0, 0.05) is 61.1 Å². The van der Waals surface area contributed by atoms with Crippen LogP contribution in [0.3, 0.4) is 0 Å². The average molecular weight is 2170 g/mol. The number of aliphatic hydroxyl groups excluding tert-OH is 3. The normalized spacial score (nSPS) is 10.9. The lowest BCUT2D eigenvalue weighted by Gasteiger charge is -2.08. The van der Waals surface area contributed by atoms with Crippen molar-refractivity contribution < 1.29 is 99.0 Å². The maximum Gasteiger partial charge on any atom is 0.302 e. The molecule has 0 unspecified atom stereocenters. The summed E-state index contributed by atoms with van der Waals surface area (Å²) in [6.45, 7) is 15.1. The van der Waals surface area contributed by atoms with Crippen molar-refractivity contribution in [2.45, 2.75) is 336 Å². The Bertz CT molecular complexity index is 4310. The molecule has 25 heteroatoms. The van der Waals surface area contributed by atoms with E-state index in [1.165, 1.54) is 224 Å². The van der Waals surface area contributed by atoms with Crippen LogP contribution in [0.4, 0.5) is 26.3 Å². The number of hydrogen-bond acceptors (Lipinski definition) is 16. The number of aromatic hydroxyl groups is 1. The van der Waals surface area contributed by atoms with Gasteiger partial charge in [-0.3, -0.25) is 19.4 Å². The van der Waals surface area contributed by atoms with Crippen LogP contribution in [-0.4, -0.2) is 121 Å². The fraction of sp³-hybridized carbons (Fsp3) is 0.552. The number of ether oxygens (including phenoxy) is 8. The van der Waals surface area contributed by atoms with E-state index in [1.807, 2.05) is 73.7 Å². The van der Waals surface area contributed by atoms with E-state index in [0.717, 1.165) is 191 Å². The van der Waals surface area contributed by atoms with Crippen LogP contribution in [0.1, 0.15) is 369 Å². The highest BCUT2D eigenvalue weighted by Gasteiger charge is 2.12. The van der Waals surface area contributed by atoms with Crippen molar-refractivity contribution >= 4 is 102 Å². The summed E-state index contributed by atoms with van der Waals surface area (Å²) in [6, 6.07) is 32.6. The van der Waals surface area contributed by atoms with Gasteiger partial charge in [-0.2, -0.15) is 0 Å². The van der Waals surface area contributed by atoms with Crippen molar-refractivity contribution in [2.24, 2.45) is 0 Å². The highest BCUT2D eigenvalue weighted by Crippen LogP contribution is 2.28. The predicted octanol–water partition coefficient (Wildman–Crippen LogP) is 33.6. The van der Waals surface area contributed by atoms with Crippen LogP contribution in [0.15, 0.2) is 149 Å². The number of benzene rings is 6. The second-order valence-corrected chi connectivity index (χ2v) is 37.5. The number of allylic oxidation sites excluding steroid dienone is 1. The zero-order valence-corrected chi connectivity index (χ0v) is 89.7. The molecule has 0 spiro atoms. The minimum atomic E-state index is -0.607. The highest BCUT2D eigenvalue weighted by molar-refractivity contribution is 9.10. The van der Waals surface area contributed by atoms with Gasteiger partial charge in [-0.15, -0.1) is 0 Å². The highest BCUT2D eigenvalue weighted by atomic mass is 79.9. The number of aromatic nitrogens is 1. The lowest BCUT2D eigenvalue weighted by molar-refractivity contribution is -0.142. The Morgan fingerprint density at radius 2 is 0.539 bits per heavy atom. The Morgan fingerprint density at radius 3 is 0.801 bits per heavy atom. The molecular formula is C116H166Br3F6NO15. The van der Waals surface area contributed by atoms with Gasteiger partial charge in [0.15, 0.2) is 69.4 Å². The van der Waals surface area contributed by atoms with E-state index < -0.39 is 5.82 Å². The molecule has 6 aromatic carbocycles. The first-order chi connectivity index (χ1) is 68.5. The molecule has 0 bridgehead atoms. The van der Waals surface area contributed by atoms with E-state index >= 15 is 0 Å². The lowest BCUT2D eigenvalue weighted by atomic mass is 10.1. The van der Waals surface area contributed by atoms with Crippen molar-refractivity contribution in [1.82, 2.24) is 4.98 Å². The van der Waals surface area contributed by atoms with Crippen LogP contribution in [0.5, 0.6) is 34.5 Å². The van der Waals surface area contributed by atoms with Gasteiger partial charge in [0.1, 0.15) is 0 Å². The summed E-state index contributed by atoms with van der Waals surface area (Å²) in [5.74, 6) is -1.66. The molecule has 16 nitrogen and oxygen atoms in total. The number of hydrogen-bond donors (Lipinski definition) is 4. The topological polar surface area (TPSA) is 219 Å². The Morgan fingerprint density at radius 1 is 0.298 bits per heavy atom. The molecule has 0 saturated carbocycles. The summed E-state index contributed by atoms with van der Waals surface area (Å²) in [5.41, 5.74) is 4.70. The van der Waals surface area contributed by atoms with Gasteiger partial charge in [0.25, 0.3) is 0 Å². The predicted molar refractivity (Wildman–Crippen MR) is 576 cm³/mol. The SMILES string of the molecule is C=Cc1ccc(OCCCCCCCCCCO)c(F)c1.CC(=O)OCCCCCCCCCCBr.CC(=O)OCCCCCCCCCCOc1ccc(Br)cc1F.CC=Cc1ccc(OCCCCCCCCCCOC(C)=O)c(F)c1.OCCCCCCCCCCOc1ccc(C=Cc2ccc(C=Cc3ccc(OCCCCCCCCCCO)c(F)c3)nc2)cc1F.Oc1ccc(Br)cc1F. The number of carbonyl (C=O) groups excluding carboxylic acids is 3. The zero-order chi connectivity index (χ0) is 103. The van der Waals surface area contributed by atoms with E-state index in [4.69, 9.17) is 58.3 Å². The Hall–Kier alpha value is -8.46. The Labute approximate surface area is 866 Å². The molecule has 7 rings (SSSR count). The summed E-state index contributed by atoms with van der Waals surface area (Å²) >= 11 is 9.70. The molecule has 788 valence electrons. The number of nitrogens with zero attached hydrogens (tertiary/aromatic N) is 1. The number of halogens is 9. The van der Waals surface area contributed by atoms with E-state index in [0.29, 0.717) is 81.2 Å². The third kappa shape index (κ3) is 74.1. The summed E-state index contributed by atoms with van der Waals surface area (Å²) in [6.07, 6.45) is 68.8. The van der Waals surface area contributed by atoms with E-state index in [1.54, 1.807) is 60.8 Å². The number of esters is 3. The third-order valence-corrected chi connectivity index (χ3v) is 24.0. The first kappa shape index (κ1) is 129. The lowest BCUT2D eigenvalue weighted by Crippen LogP contribution is -2.00. The van der Waals surface area contributed by atoms with Crippen molar-refractivity contribution in [3.63, 3.8) is 0 Å². The van der Waals surface area contributed by atoms with Crippen molar-refractivity contribution in [2.75, 3.05) is 78.0 Å². The fourth-order valence-electron chi connectivity index (χ4n) is 14.4. The first-order valence-electron chi connectivity index (χ1n) is 51.8. The van der Waals surface area contributed by atoms with Gasteiger partial charge in [0.05, 0.1) is 58.5 Å². The number of alkyl halides is 1. The smallest absolute Gasteiger partial charge is 0.302 e. The summed E-state index contributed by atoms with van der Waals surface area (Å²) in [7, 11) is 0. The van der Waals surface area contributed by atoms with Crippen LogP contribution in [0, 0.1) is 34.9 Å². The summed E-state index contributed by atoms with van der Waals surface area (Å²) in [4.78, 5) is 36.1. The Kier molecular flexibility index (Phi) is 82.4. The molecule has 7 aromatic rings. The maximum absolute atomic E-state index is 14.6. The number of phenolic OH excluding ortho intramolecular Hbond substituents is 1. The monoisotopic (exact) mass is 2160 g/mol. The van der Waals surface area contributed by atoms with Gasteiger partial charge in [0.2, 0.25) is 0 Å². The molecule has 0 radical (unpaired) electrons. The van der Waals surface area contributed by atoms with Crippen LogP contribution >= 0.6 is 47.8 Å². The maximum atomic E-state index is 14.6. The number of phenols is 1. The fourth-order valence-corrected chi connectivity index (χ4v) is 15.5. The summed E-state index contributed by atoms with van der Waals surface area (Å²) < 4.78 is 126. The number of rotatable bonds is 73. The standard InChI is InChI=1S/C41H55F2NO4.C21H31FO3.C18H26BrFO3.C18H27FO2.C12H23BrO2.C6H4BrFO/c42-38-31-34(21-25-40(38)47-29-15-11-7-3-1-5-9-13-27-45)17-18-36-20-24-37(44-33-36)23-19-35-22-26-41(39(43)32-35)48-30-16-12-8-4-2-6-10-14-28-46;1-3-12-19-13-14-21(20(22)17-19)25-16-11-9-7-5-4-6-8-10-15-24-18(2)23;1-15(21)22-12-8-6-4-2-3-5-7-9-13-23-18-11-10-16(19)14-17(18)20;1-2-16-11-12-18(17(19)15-16)21-14-10-8-6-4-3-5-7-9-13-20;1-12(14)15-11-9-7-5-3-2-4-6-8-10-13;7-4-1-2-6(9)5(8)3-4/h17-26,31-33,45-46H,1-16,27-30H2;3,12-14,17H,4-11,15-16H2,1-2H3;10-11,14H,2-9,12-13H2,1H3;2,11-12,15,20H,1,3-10,13-14H2;2-11H2,1H3;1-3,9H. The number of aliphatic hydroxyl groups is 3. The number of pyridine rings is 1. The number of unbranched alkanes of at least 4 members (excludes halogenated alkanes) is 42. The van der Waals surface area contributed by atoms with Gasteiger partial charge < -0.3 is 58.3 Å². The van der Waals surface area contributed by atoms with Crippen LogP contribution in [-0.2, 0) is 28.6 Å². The summed E-state index contributed by atoms with van der Waals surface area (Å²) in [5, 5.41) is 36.1. The van der Waals surface area contributed by atoms with Crippen LogP contribution in [0.25, 0.3) is 36.5 Å². The largest absolute Gasteiger partial charge is 0.505 e. The van der Waals surface area contributed by atoms with Gasteiger partial charge in [-0.05, 0) is 209 Å². The molecule has 4 N–H and O–H groups in total. The molecule has 0 aliphatic heterocycles. The third-order valence-electron chi connectivity index (χ3n) is 22.4. The molecule has 0 fully saturated rings. The van der Waals surface area contributed by atoms with E-state index in [2.05, 4.69) is 59.4 Å². The average Bonchev–Trinajstić information content (AvgIpc) is 0.860. The van der Waals surface area contributed by atoms with Crippen LogP contribution in [0.2, 0.25) is 0 Å². The molecule has 0 aliphatic carbocycles. The van der Waals surface area contributed by atoms with Crippen molar-refractivity contribution in [3.8, 4) is 34.5 Å². The molecule has 1 aromatic heterocycles. The van der Waals surface area contributed by atoms with Crippen molar-refractivity contribution in [1.29, 1.82) is 0 Å². The zero-order valence-electron chi connectivity index (χ0n) is 84.9. The number of carbonyl (C=O) groups is 3. The van der Waals surface area contributed by atoms with E-state index in [-0.39, 0.29) is 77.5 Å². The molecule has 141 heavy (non-hydrogen) atoms. The molecule has 0 atom stereocenters. The first-order valence-corrected chi connectivity index (χ1v) is 54.5. The second kappa shape index (κ2) is 90.3. The molecular weight excluding hydrogens is 2000 g/mol. The molecule has 0 aliphatic rings. The van der Waals surface area contributed by atoms with Gasteiger partial charge in [-0.1, -0.05) is 352 Å². The van der Waals surface area contributed by atoms with Crippen LogP contribution < -0.4 is 23.7 Å².